The zero-order valence-electron chi connectivity index (χ0n) is 18.5. The molecular weight excluding hydrogens is 456 g/mol. The summed E-state index contributed by atoms with van der Waals surface area (Å²) in [6.45, 7) is 4.43. The van der Waals surface area contributed by atoms with Crippen LogP contribution in [0.1, 0.15) is 5.56 Å². The van der Waals surface area contributed by atoms with Gasteiger partial charge in [0.2, 0.25) is 5.87 Å². The van der Waals surface area contributed by atoms with Crippen molar-refractivity contribution < 1.29 is 14.8 Å². The molecule has 0 radical (unpaired) electrons. The van der Waals surface area contributed by atoms with E-state index in [-0.39, 0.29) is 17.1 Å². The molecule has 0 saturated carbocycles. The van der Waals surface area contributed by atoms with Gasteiger partial charge in [0.05, 0.1) is 14.8 Å². The van der Waals surface area contributed by atoms with Gasteiger partial charge in [0.25, 0.3) is 17.1 Å². The third-order valence-corrected chi connectivity index (χ3v) is 11.0. The summed E-state index contributed by atoms with van der Waals surface area (Å²) in [6, 6.07) is 19.4. The van der Waals surface area contributed by atoms with Crippen LogP contribution < -0.4 is 10.9 Å². The van der Waals surface area contributed by atoms with Crippen LogP contribution >= 0.6 is 7.14 Å². The molecule has 9 nitrogen and oxygen atoms in total. The Labute approximate surface area is 195 Å². The number of hydrogen-bond donors (Lipinski definition) is 0. The first-order valence-corrected chi connectivity index (χ1v) is 13.4. The van der Waals surface area contributed by atoms with Gasteiger partial charge in [-0.05, 0) is 0 Å². The lowest BCUT2D eigenvalue weighted by Crippen LogP contribution is -2.59. The smallest absolute Gasteiger partial charge is 0.258 e. The Balaban J connectivity index is 1.98. The second-order valence-corrected chi connectivity index (χ2v) is 13.6. The SMILES string of the molecule is C[P+]1(C)CC=C(c2ccc([N+](=O)[O-])cc2)[B-]1(c1ccc([N+](=O)[O-])cc1)c1ccc([N+](=O)[O-])cc1. The lowest BCUT2D eigenvalue weighted by molar-refractivity contribution is -0.385. The third-order valence-electron chi connectivity index (χ3n) is 6.86. The molecule has 0 amide bonds. The van der Waals surface area contributed by atoms with Crippen LogP contribution in [-0.2, 0) is 0 Å². The number of rotatable bonds is 6. The van der Waals surface area contributed by atoms with Crippen molar-refractivity contribution in [1.29, 1.82) is 0 Å². The van der Waals surface area contributed by atoms with Gasteiger partial charge in [0.1, 0.15) is 0 Å². The summed E-state index contributed by atoms with van der Waals surface area (Å²) >= 11 is 0. The summed E-state index contributed by atoms with van der Waals surface area (Å²) in [6.07, 6.45) is 2.95. The normalized spacial score (nSPS) is 16.0. The number of nitro groups is 3. The molecular formula is C23H21BN3O6P. The maximum atomic E-state index is 11.3. The van der Waals surface area contributed by atoms with Crippen molar-refractivity contribution in [2.24, 2.45) is 0 Å². The van der Waals surface area contributed by atoms with Crippen molar-refractivity contribution in [3.8, 4) is 0 Å². The van der Waals surface area contributed by atoms with Gasteiger partial charge in [0.15, 0.2) is 0 Å². The summed E-state index contributed by atoms with van der Waals surface area (Å²) in [4.78, 5) is 32.4. The van der Waals surface area contributed by atoms with Crippen LogP contribution in [0.2, 0.25) is 0 Å². The molecule has 1 aliphatic heterocycles. The molecule has 0 bridgehead atoms. The largest absolute Gasteiger partial charge is 0.269 e. The Hall–Kier alpha value is -3.91. The minimum atomic E-state index is -1.81. The maximum absolute atomic E-state index is 11.3. The van der Waals surface area contributed by atoms with Crippen LogP contribution in [0.5, 0.6) is 0 Å². The first-order chi connectivity index (χ1) is 16.1. The molecule has 0 atom stereocenters. The van der Waals surface area contributed by atoms with E-state index >= 15 is 0 Å². The maximum Gasteiger partial charge on any atom is 0.269 e. The van der Waals surface area contributed by atoms with E-state index in [1.54, 1.807) is 36.4 Å². The molecule has 34 heavy (non-hydrogen) atoms. The first kappa shape index (κ1) is 23.3. The second-order valence-electron chi connectivity index (χ2n) is 8.94. The molecule has 1 heterocycles. The highest BCUT2D eigenvalue weighted by molar-refractivity contribution is 8.14. The summed E-state index contributed by atoms with van der Waals surface area (Å²) in [5.74, 6) is -1.64. The van der Waals surface area contributed by atoms with E-state index in [1.807, 2.05) is 0 Å². The van der Waals surface area contributed by atoms with E-state index in [9.17, 15) is 30.3 Å². The number of benzene rings is 3. The first-order valence-electron chi connectivity index (χ1n) is 10.5. The number of nitrogens with zero attached hydrogens (tertiary/aromatic N) is 3. The zero-order chi connectivity index (χ0) is 24.7. The van der Waals surface area contributed by atoms with Crippen LogP contribution in [0.4, 0.5) is 17.1 Å². The fraction of sp³-hybridized carbons (Fsp3) is 0.130. The fourth-order valence-corrected chi connectivity index (χ4v) is 9.23. The average molecular weight is 477 g/mol. The molecule has 0 aromatic heterocycles. The van der Waals surface area contributed by atoms with Gasteiger partial charge in [-0.3, -0.25) is 30.3 Å². The number of non-ortho nitro benzene ring substituents is 3. The quantitative estimate of drug-likeness (QED) is 0.224. The molecule has 3 aromatic carbocycles. The summed E-state index contributed by atoms with van der Waals surface area (Å²) in [7, 11) is -1.81. The van der Waals surface area contributed by atoms with Crippen LogP contribution in [-0.4, -0.2) is 40.1 Å². The van der Waals surface area contributed by atoms with Gasteiger partial charge in [-0.15, -0.1) is 7.14 Å². The average Bonchev–Trinajstić information content (AvgIpc) is 3.10. The zero-order valence-corrected chi connectivity index (χ0v) is 19.4. The Morgan fingerprint density at radius 3 is 1.35 bits per heavy atom. The number of allylic oxidation sites excluding steroid dienone is 1. The topological polar surface area (TPSA) is 129 Å². The molecule has 11 heteroatoms. The van der Waals surface area contributed by atoms with Crippen molar-refractivity contribution in [3.05, 3.63) is 115 Å². The Morgan fingerprint density at radius 2 is 1.00 bits per heavy atom. The standard InChI is InChI=1S/C23H21BN3O6P/c1-34(2)16-15-23(17-3-9-20(10-4-17)25(28)29)24(34,18-5-11-21(12-6-18)26(30)31)19-7-13-22(14-8-19)27(32)33/h3-15H,16H2,1-2H3. The van der Waals surface area contributed by atoms with E-state index in [4.69, 9.17) is 0 Å². The van der Waals surface area contributed by atoms with Gasteiger partial charge in [0, 0.05) is 55.9 Å². The van der Waals surface area contributed by atoms with E-state index in [0.717, 1.165) is 28.1 Å². The molecule has 4 rings (SSSR count). The minimum Gasteiger partial charge on any atom is -0.258 e. The van der Waals surface area contributed by atoms with Gasteiger partial charge in [-0.1, -0.05) is 48.0 Å². The minimum absolute atomic E-state index is 0.0137. The van der Waals surface area contributed by atoms with Gasteiger partial charge in [-0.25, -0.2) is 0 Å². The van der Waals surface area contributed by atoms with Crippen molar-refractivity contribution in [3.63, 3.8) is 0 Å². The van der Waals surface area contributed by atoms with Crippen LogP contribution in [0.3, 0.4) is 0 Å². The fourth-order valence-electron chi connectivity index (χ4n) is 5.28. The van der Waals surface area contributed by atoms with E-state index < -0.39 is 27.8 Å². The lowest BCUT2D eigenvalue weighted by atomic mass is 9.33. The summed E-state index contributed by atoms with van der Waals surface area (Å²) < 4.78 is 0. The molecule has 0 fully saturated rings. The number of hydrogen-bond acceptors (Lipinski definition) is 6. The van der Waals surface area contributed by atoms with E-state index in [1.165, 1.54) is 36.4 Å². The Bertz CT molecular complexity index is 1260. The van der Waals surface area contributed by atoms with Gasteiger partial charge in [-0.2, -0.15) is 16.4 Å². The lowest BCUT2D eigenvalue weighted by Gasteiger charge is -2.46. The van der Waals surface area contributed by atoms with E-state index in [0.29, 0.717) is 0 Å². The molecule has 3 aromatic rings. The third kappa shape index (κ3) is 3.66. The molecule has 0 saturated heterocycles. The molecule has 0 unspecified atom stereocenters. The summed E-state index contributed by atoms with van der Waals surface area (Å²) in [5, 5.41) is 33.7. The predicted molar refractivity (Wildman–Crippen MR) is 136 cm³/mol. The van der Waals surface area contributed by atoms with Gasteiger partial charge < -0.3 is 0 Å². The molecule has 172 valence electrons. The van der Waals surface area contributed by atoms with Crippen LogP contribution in [0.15, 0.2) is 78.9 Å². The molecule has 0 N–H and O–H groups in total. The monoisotopic (exact) mass is 477 g/mol. The van der Waals surface area contributed by atoms with Crippen LogP contribution in [0, 0.1) is 30.3 Å². The highest BCUT2D eigenvalue weighted by Crippen LogP contribution is 2.67. The van der Waals surface area contributed by atoms with E-state index in [2.05, 4.69) is 19.4 Å². The van der Waals surface area contributed by atoms with Crippen molar-refractivity contribution in [2.75, 3.05) is 19.5 Å². The van der Waals surface area contributed by atoms with Gasteiger partial charge >= 0.3 is 0 Å². The Kier molecular flexibility index (Phi) is 5.79. The second kappa shape index (κ2) is 8.46. The summed E-state index contributed by atoms with van der Waals surface area (Å²) in [5.41, 5.74) is 3.57. The van der Waals surface area contributed by atoms with Crippen molar-refractivity contribution in [1.82, 2.24) is 0 Å². The predicted octanol–water partition coefficient (Wildman–Crippen LogP) is 4.38. The molecule has 0 spiro atoms. The highest BCUT2D eigenvalue weighted by atomic mass is 31.2. The number of nitro benzene ring substituents is 3. The van der Waals surface area contributed by atoms with Crippen molar-refractivity contribution >= 4 is 46.5 Å². The Morgan fingerprint density at radius 1 is 0.647 bits per heavy atom. The van der Waals surface area contributed by atoms with Crippen LogP contribution in [0.25, 0.3) is 5.47 Å². The molecule has 1 aliphatic rings. The highest BCUT2D eigenvalue weighted by Gasteiger charge is 2.54. The van der Waals surface area contributed by atoms with Crippen molar-refractivity contribution in [2.45, 2.75) is 0 Å². The molecule has 0 aliphatic carbocycles.